The van der Waals surface area contributed by atoms with Gasteiger partial charge in [-0.2, -0.15) is 0 Å². The van der Waals surface area contributed by atoms with Gasteiger partial charge in [0.25, 0.3) is 0 Å². The molecule has 0 amide bonds. The van der Waals surface area contributed by atoms with E-state index in [0.29, 0.717) is 12.1 Å². The molecule has 1 heterocycles. The first-order valence-electron chi connectivity index (χ1n) is 7.39. The molecule has 1 aromatic rings. The lowest BCUT2D eigenvalue weighted by molar-refractivity contribution is 0.106. The van der Waals surface area contributed by atoms with Crippen LogP contribution in [-0.4, -0.2) is 30.8 Å². The van der Waals surface area contributed by atoms with Crippen LogP contribution in [0, 0.1) is 0 Å². The molecule has 19 heavy (non-hydrogen) atoms. The number of hydrogen-bond acceptors (Lipinski definition) is 3. The molecule has 0 aliphatic heterocycles. The first-order valence-corrected chi connectivity index (χ1v) is 7.39. The van der Waals surface area contributed by atoms with E-state index in [-0.39, 0.29) is 0 Å². The zero-order valence-electron chi connectivity index (χ0n) is 12.8. The lowest BCUT2D eigenvalue weighted by Gasteiger charge is -2.19. The fraction of sp³-hybridized carbons (Fsp3) is 0.688. The van der Waals surface area contributed by atoms with E-state index in [1.54, 1.807) is 7.11 Å². The van der Waals surface area contributed by atoms with Gasteiger partial charge in [-0.3, -0.25) is 4.98 Å². The van der Waals surface area contributed by atoms with Gasteiger partial charge >= 0.3 is 0 Å². The summed E-state index contributed by atoms with van der Waals surface area (Å²) in [6, 6.07) is 4.83. The van der Waals surface area contributed by atoms with Crippen LogP contribution < -0.4 is 5.32 Å². The Kier molecular flexibility index (Phi) is 7.68. The highest BCUT2D eigenvalue weighted by molar-refractivity contribution is 5.14. The minimum atomic E-state index is 0.330. The predicted molar refractivity (Wildman–Crippen MR) is 80.5 cm³/mol. The average molecular weight is 264 g/mol. The summed E-state index contributed by atoms with van der Waals surface area (Å²) in [4.78, 5) is 4.55. The third-order valence-corrected chi connectivity index (χ3v) is 3.57. The topological polar surface area (TPSA) is 34.1 Å². The highest BCUT2D eigenvalue weighted by Crippen LogP contribution is 2.10. The van der Waals surface area contributed by atoms with Crippen molar-refractivity contribution in [3.63, 3.8) is 0 Å². The van der Waals surface area contributed by atoms with Crippen molar-refractivity contribution in [1.82, 2.24) is 10.3 Å². The van der Waals surface area contributed by atoms with Gasteiger partial charge in [0.15, 0.2) is 0 Å². The minimum Gasteiger partial charge on any atom is -0.382 e. The van der Waals surface area contributed by atoms with Crippen molar-refractivity contribution in [3.8, 4) is 0 Å². The summed E-state index contributed by atoms with van der Waals surface area (Å²) in [7, 11) is 1.78. The van der Waals surface area contributed by atoms with Crippen molar-refractivity contribution < 1.29 is 4.74 Å². The van der Waals surface area contributed by atoms with E-state index in [1.165, 1.54) is 11.3 Å². The number of pyridine rings is 1. The maximum absolute atomic E-state index is 5.32. The molecule has 0 saturated heterocycles. The Hall–Kier alpha value is -0.930. The third-order valence-electron chi connectivity index (χ3n) is 3.57. The van der Waals surface area contributed by atoms with Gasteiger partial charge in [-0.25, -0.2) is 0 Å². The van der Waals surface area contributed by atoms with Crippen molar-refractivity contribution in [2.45, 2.75) is 58.6 Å². The van der Waals surface area contributed by atoms with E-state index >= 15 is 0 Å². The minimum absolute atomic E-state index is 0.330. The van der Waals surface area contributed by atoms with E-state index in [2.05, 4.69) is 43.2 Å². The smallest absolute Gasteiger partial charge is 0.0543 e. The largest absolute Gasteiger partial charge is 0.382 e. The molecule has 0 fully saturated rings. The summed E-state index contributed by atoms with van der Waals surface area (Å²) in [5.41, 5.74) is 2.48. The standard InChI is InChI=1S/C16H28N2O/c1-5-14-8-10-16(18-12-14)11-15(17-6-2)9-7-13(3)19-4/h8,10,12-13,15,17H,5-7,9,11H2,1-4H3. The number of aromatic nitrogens is 1. The zero-order valence-corrected chi connectivity index (χ0v) is 12.8. The fourth-order valence-corrected chi connectivity index (χ4v) is 2.16. The average Bonchev–Trinajstić information content (AvgIpc) is 2.45. The second kappa shape index (κ2) is 9.05. The van der Waals surface area contributed by atoms with Crippen LogP contribution >= 0.6 is 0 Å². The second-order valence-electron chi connectivity index (χ2n) is 5.09. The molecule has 1 N–H and O–H groups in total. The maximum atomic E-state index is 5.32. The van der Waals surface area contributed by atoms with E-state index in [9.17, 15) is 0 Å². The molecule has 0 aromatic carbocycles. The SMILES string of the molecule is CCNC(CCC(C)OC)Cc1ccc(CC)cn1. The van der Waals surface area contributed by atoms with Crippen molar-refractivity contribution in [1.29, 1.82) is 0 Å². The van der Waals surface area contributed by atoms with Crippen molar-refractivity contribution in [2.75, 3.05) is 13.7 Å². The molecule has 0 aliphatic carbocycles. The molecule has 1 aromatic heterocycles. The van der Waals surface area contributed by atoms with Crippen LogP contribution in [0.5, 0.6) is 0 Å². The molecule has 2 unspecified atom stereocenters. The highest BCUT2D eigenvalue weighted by atomic mass is 16.5. The molecule has 0 saturated carbocycles. The first kappa shape index (κ1) is 16.1. The predicted octanol–water partition coefficient (Wildman–Crippen LogP) is 2.98. The third kappa shape index (κ3) is 6.17. The number of rotatable bonds is 9. The Balaban J connectivity index is 2.51. The second-order valence-corrected chi connectivity index (χ2v) is 5.09. The Bertz CT molecular complexity index is 337. The number of methoxy groups -OCH3 is 1. The van der Waals surface area contributed by atoms with Gasteiger partial charge in [0.1, 0.15) is 0 Å². The Morgan fingerprint density at radius 2 is 2.05 bits per heavy atom. The molecule has 0 spiro atoms. The summed E-state index contributed by atoms with van der Waals surface area (Å²) < 4.78 is 5.32. The van der Waals surface area contributed by atoms with Gasteiger partial charge in [-0.1, -0.05) is 19.9 Å². The van der Waals surface area contributed by atoms with Gasteiger partial charge in [0.05, 0.1) is 6.10 Å². The van der Waals surface area contributed by atoms with E-state index in [0.717, 1.165) is 32.2 Å². The Morgan fingerprint density at radius 1 is 1.26 bits per heavy atom. The quantitative estimate of drug-likeness (QED) is 0.744. The molecule has 108 valence electrons. The van der Waals surface area contributed by atoms with Gasteiger partial charge in [0.2, 0.25) is 0 Å². The lowest BCUT2D eigenvalue weighted by atomic mass is 10.0. The van der Waals surface area contributed by atoms with Crippen molar-refractivity contribution in [2.24, 2.45) is 0 Å². The molecule has 0 bridgehead atoms. The summed E-state index contributed by atoms with van der Waals surface area (Å²) in [5, 5.41) is 3.54. The number of aryl methyl sites for hydroxylation is 1. The van der Waals surface area contributed by atoms with E-state index < -0.39 is 0 Å². The van der Waals surface area contributed by atoms with E-state index in [1.807, 2.05) is 6.20 Å². The van der Waals surface area contributed by atoms with Crippen LogP contribution in [0.15, 0.2) is 18.3 Å². The van der Waals surface area contributed by atoms with Gasteiger partial charge in [-0.15, -0.1) is 0 Å². The van der Waals surface area contributed by atoms with Crippen LogP contribution in [-0.2, 0) is 17.6 Å². The molecule has 2 atom stereocenters. The fourth-order valence-electron chi connectivity index (χ4n) is 2.16. The molecule has 0 aliphatic rings. The van der Waals surface area contributed by atoms with E-state index in [4.69, 9.17) is 4.74 Å². The Morgan fingerprint density at radius 3 is 2.58 bits per heavy atom. The monoisotopic (exact) mass is 264 g/mol. The summed E-state index contributed by atoms with van der Waals surface area (Å²) in [6.07, 6.45) is 6.58. The number of hydrogen-bond donors (Lipinski definition) is 1. The van der Waals surface area contributed by atoms with Gasteiger partial charge in [-0.05, 0) is 44.4 Å². The summed E-state index contributed by atoms with van der Waals surface area (Å²) >= 11 is 0. The number of nitrogens with zero attached hydrogens (tertiary/aromatic N) is 1. The Labute approximate surface area is 117 Å². The van der Waals surface area contributed by atoms with Crippen LogP contribution in [0.4, 0.5) is 0 Å². The number of nitrogens with one attached hydrogen (secondary N) is 1. The molecular formula is C16H28N2O. The molecule has 0 radical (unpaired) electrons. The summed E-state index contributed by atoms with van der Waals surface area (Å²) in [6.45, 7) is 7.43. The van der Waals surface area contributed by atoms with Crippen LogP contribution in [0.3, 0.4) is 0 Å². The number of likely N-dealkylation sites (N-methyl/N-ethyl adjacent to an activating group) is 1. The molecule has 3 heteroatoms. The van der Waals surface area contributed by atoms with Crippen molar-refractivity contribution in [3.05, 3.63) is 29.6 Å². The molecular weight excluding hydrogens is 236 g/mol. The zero-order chi connectivity index (χ0) is 14.1. The van der Waals surface area contributed by atoms with Crippen LogP contribution in [0.1, 0.15) is 44.9 Å². The normalized spacial score (nSPS) is 14.3. The van der Waals surface area contributed by atoms with Crippen LogP contribution in [0.25, 0.3) is 0 Å². The first-order chi connectivity index (χ1) is 9.19. The molecule has 3 nitrogen and oxygen atoms in total. The lowest BCUT2D eigenvalue weighted by Crippen LogP contribution is -2.32. The van der Waals surface area contributed by atoms with Gasteiger partial charge < -0.3 is 10.1 Å². The van der Waals surface area contributed by atoms with Crippen molar-refractivity contribution >= 4 is 0 Å². The maximum Gasteiger partial charge on any atom is 0.0543 e. The van der Waals surface area contributed by atoms with Crippen LogP contribution in [0.2, 0.25) is 0 Å². The number of ether oxygens (including phenoxy) is 1. The molecule has 1 rings (SSSR count). The van der Waals surface area contributed by atoms with Gasteiger partial charge in [0, 0.05) is 31.5 Å². The summed E-state index contributed by atoms with van der Waals surface area (Å²) in [5.74, 6) is 0. The highest BCUT2D eigenvalue weighted by Gasteiger charge is 2.11.